The average molecular weight is 310 g/mol. The number of nitrogens with zero attached hydrogens (tertiary/aromatic N) is 1. The Hall–Kier alpha value is 0.430. The molecule has 0 aromatic heterocycles. The number of hydrogen-bond acceptors (Lipinski definition) is 4. The number of rotatable bonds is 11. The fourth-order valence-electron chi connectivity index (χ4n) is 0.996. The van der Waals surface area contributed by atoms with Crippen LogP contribution in [0.4, 0.5) is 0 Å². The summed E-state index contributed by atoms with van der Waals surface area (Å²) in [6.45, 7) is 10.2. The van der Waals surface area contributed by atoms with Crippen LogP contribution < -0.4 is 5.09 Å². The van der Waals surface area contributed by atoms with E-state index in [4.69, 9.17) is 16.3 Å². The van der Waals surface area contributed by atoms with Crippen LogP contribution in [-0.4, -0.2) is 25.2 Å². The van der Waals surface area contributed by atoms with E-state index in [9.17, 15) is 0 Å². The highest BCUT2D eigenvalue weighted by Crippen LogP contribution is 2.56. The molecule has 18 heavy (non-hydrogen) atoms. The molecule has 0 amide bonds. The lowest BCUT2D eigenvalue weighted by molar-refractivity contribution is 0.356. The lowest BCUT2D eigenvalue weighted by Gasteiger charge is -2.21. The predicted molar refractivity (Wildman–Crippen MR) is 89.2 cm³/mol. The van der Waals surface area contributed by atoms with Gasteiger partial charge >= 0.3 is 0 Å². The summed E-state index contributed by atoms with van der Waals surface area (Å²) in [4.78, 5) is 4.31. The van der Waals surface area contributed by atoms with Crippen LogP contribution in [0.2, 0.25) is 0 Å². The molecular weight excluding hydrogens is 283 g/mol. The molecule has 3 nitrogen and oxygen atoms in total. The highest BCUT2D eigenvalue weighted by atomic mass is 32.9. The van der Waals surface area contributed by atoms with Crippen LogP contribution in [0.25, 0.3) is 0 Å². The van der Waals surface area contributed by atoms with Crippen molar-refractivity contribution in [2.45, 2.75) is 47.0 Å². The Morgan fingerprint density at radius 1 is 1.39 bits per heavy atom. The van der Waals surface area contributed by atoms with Gasteiger partial charge in [-0.1, -0.05) is 45.5 Å². The highest BCUT2D eigenvalue weighted by Gasteiger charge is 2.17. The van der Waals surface area contributed by atoms with Crippen molar-refractivity contribution in [2.24, 2.45) is 10.9 Å². The molecular formula is C12H27N2OPS2. The quantitative estimate of drug-likeness (QED) is 0.265. The van der Waals surface area contributed by atoms with E-state index in [2.05, 4.69) is 37.8 Å². The molecule has 0 heterocycles. The smallest absolute Gasteiger partial charge is 0.211 e. The normalized spacial score (nSPS) is 15.2. The summed E-state index contributed by atoms with van der Waals surface area (Å²) in [5.74, 6) is 1.65. The fourth-order valence-corrected chi connectivity index (χ4v) is 5.57. The molecule has 0 aromatic carbocycles. The summed E-state index contributed by atoms with van der Waals surface area (Å²) in [7, 11) is 0. The molecule has 0 aliphatic carbocycles. The summed E-state index contributed by atoms with van der Waals surface area (Å²) >= 11 is 7.35. The molecule has 6 heteroatoms. The van der Waals surface area contributed by atoms with Crippen molar-refractivity contribution in [1.29, 1.82) is 0 Å². The number of nitrogens with one attached hydrogen (secondary N) is 1. The van der Waals surface area contributed by atoms with Gasteiger partial charge in [-0.2, -0.15) is 0 Å². The molecule has 0 fully saturated rings. The monoisotopic (exact) mass is 310 g/mol. The Balaban J connectivity index is 4.19. The first kappa shape index (κ1) is 18.4. The molecule has 1 N–H and O–H groups in total. The van der Waals surface area contributed by atoms with Gasteiger partial charge in [0.15, 0.2) is 0 Å². The summed E-state index contributed by atoms with van der Waals surface area (Å²) in [6.07, 6.45) is 5.03. The first-order valence-electron chi connectivity index (χ1n) is 6.69. The molecule has 0 saturated carbocycles. The van der Waals surface area contributed by atoms with E-state index in [0.717, 1.165) is 31.7 Å². The second-order valence-corrected chi connectivity index (χ2v) is 11.2. The van der Waals surface area contributed by atoms with Crippen LogP contribution in [-0.2, 0) is 16.3 Å². The molecule has 0 aliphatic rings. The predicted octanol–water partition coefficient (Wildman–Crippen LogP) is 4.44. The van der Waals surface area contributed by atoms with Gasteiger partial charge in [-0.15, -0.1) is 0 Å². The largest absolute Gasteiger partial charge is 0.326 e. The fraction of sp³-hybridized carbons (Fsp3) is 0.917. The zero-order chi connectivity index (χ0) is 13.9. The highest BCUT2D eigenvalue weighted by molar-refractivity contribution is 8.68. The van der Waals surface area contributed by atoms with E-state index >= 15 is 0 Å². The lowest BCUT2D eigenvalue weighted by atomic mass is 10.3. The van der Waals surface area contributed by atoms with E-state index in [-0.39, 0.29) is 0 Å². The second-order valence-electron chi connectivity index (χ2n) is 4.54. The molecule has 0 rings (SSSR count). The molecule has 0 aliphatic heterocycles. The number of unbranched alkanes of at least 4 members (excludes halogenated alkanes) is 1. The summed E-state index contributed by atoms with van der Waals surface area (Å²) in [5.41, 5.74) is -1.99. The van der Waals surface area contributed by atoms with E-state index < -0.39 is 5.62 Å². The van der Waals surface area contributed by atoms with Crippen molar-refractivity contribution >= 4 is 35.1 Å². The summed E-state index contributed by atoms with van der Waals surface area (Å²) < 4.78 is 5.82. The van der Waals surface area contributed by atoms with Crippen LogP contribution >= 0.6 is 17.0 Å². The molecule has 0 radical (unpaired) electrons. The zero-order valence-corrected chi connectivity index (χ0v) is 14.5. The van der Waals surface area contributed by atoms with Gasteiger partial charge in [-0.05, 0) is 30.6 Å². The van der Waals surface area contributed by atoms with E-state index in [1.165, 1.54) is 6.42 Å². The number of aliphatic imine (C=N–C) groups is 1. The van der Waals surface area contributed by atoms with Gasteiger partial charge in [0.1, 0.15) is 0 Å². The van der Waals surface area contributed by atoms with Crippen molar-refractivity contribution in [3.63, 3.8) is 0 Å². The maximum absolute atomic E-state index is 5.82. The minimum absolute atomic E-state index is 0.626. The molecule has 1 atom stereocenters. The van der Waals surface area contributed by atoms with Gasteiger partial charge in [0.05, 0.1) is 12.9 Å². The maximum Gasteiger partial charge on any atom is 0.211 e. The van der Waals surface area contributed by atoms with Crippen molar-refractivity contribution in [3.8, 4) is 0 Å². The van der Waals surface area contributed by atoms with Crippen molar-refractivity contribution < 1.29 is 4.52 Å². The second kappa shape index (κ2) is 11.3. The van der Waals surface area contributed by atoms with Crippen LogP contribution in [0, 0.1) is 5.92 Å². The van der Waals surface area contributed by atoms with Crippen LogP contribution in [0.1, 0.15) is 47.0 Å². The zero-order valence-electron chi connectivity index (χ0n) is 12.0. The third kappa shape index (κ3) is 10.4. The average Bonchev–Trinajstić information content (AvgIpc) is 2.34. The molecule has 0 spiro atoms. The minimum atomic E-state index is -1.99. The third-order valence-electron chi connectivity index (χ3n) is 1.99. The Morgan fingerprint density at radius 2 is 2.11 bits per heavy atom. The first-order valence-corrected chi connectivity index (χ1v) is 11.0. The molecule has 0 aromatic rings. The van der Waals surface area contributed by atoms with Crippen molar-refractivity contribution in [3.05, 3.63) is 0 Å². The third-order valence-corrected chi connectivity index (χ3v) is 7.78. The van der Waals surface area contributed by atoms with Crippen molar-refractivity contribution in [1.82, 2.24) is 5.09 Å². The van der Waals surface area contributed by atoms with Crippen LogP contribution in [0.3, 0.4) is 0 Å². The van der Waals surface area contributed by atoms with Gasteiger partial charge in [-0.25, -0.2) is 0 Å². The molecule has 0 bridgehead atoms. The van der Waals surface area contributed by atoms with Gasteiger partial charge in [0.2, 0.25) is 5.62 Å². The number of hydrogen-bond donors (Lipinski definition) is 1. The standard InChI is InChI=1S/C12H27N2OPS2/c1-5-7-8-13-11-14-16(17,15-9-6-2)18-10-12(3)4/h11-12H,5-10H2,1-4H3,(H,13,14,17). The van der Waals surface area contributed by atoms with Gasteiger partial charge < -0.3 is 9.61 Å². The van der Waals surface area contributed by atoms with Gasteiger partial charge in [0, 0.05) is 12.3 Å². The SMILES string of the molecule is CCCCN=CNP(=S)(OCCC)SCC(C)C. The molecule has 108 valence electrons. The Labute approximate surface area is 121 Å². The van der Waals surface area contributed by atoms with Crippen LogP contribution in [0.15, 0.2) is 4.99 Å². The van der Waals surface area contributed by atoms with E-state index in [0.29, 0.717) is 5.92 Å². The van der Waals surface area contributed by atoms with Crippen molar-refractivity contribution in [2.75, 3.05) is 18.9 Å². The molecule has 1 unspecified atom stereocenters. The van der Waals surface area contributed by atoms with E-state index in [1.807, 2.05) is 0 Å². The van der Waals surface area contributed by atoms with Gasteiger partial charge in [0.25, 0.3) is 0 Å². The summed E-state index contributed by atoms with van der Waals surface area (Å²) in [5, 5.41) is 3.22. The maximum atomic E-state index is 5.82. The minimum Gasteiger partial charge on any atom is -0.326 e. The lowest BCUT2D eigenvalue weighted by Crippen LogP contribution is -2.10. The Morgan fingerprint density at radius 3 is 2.67 bits per heavy atom. The Kier molecular flexibility index (Phi) is 11.5. The van der Waals surface area contributed by atoms with Gasteiger partial charge in [-0.3, -0.25) is 4.99 Å². The first-order chi connectivity index (χ1) is 8.54. The molecule has 0 saturated heterocycles. The summed E-state index contributed by atoms with van der Waals surface area (Å²) in [6, 6.07) is 0. The van der Waals surface area contributed by atoms with E-state index in [1.54, 1.807) is 17.7 Å². The Bertz CT molecular complexity index is 273. The van der Waals surface area contributed by atoms with Crippen LogP contribution in [0.5, 0.6) is 0 Å². The topological polar surface area (TPSA) is 33.6 Å².